The van der Waals surface area contributed by atoms with Crippen LogP contribution in [0.15, 0.2) is 18.3 Å². The van der Waals surface area contributed by atoms with E-state index in [0.29, 0.717) is 25.4 Å². The zero-order chi connectivity index (χ0) is 15.5. The van der Waals surface area contributed by atoms with Crippen molar-refractivity contribution in [3.8, 4) is 0 Å². The Morgan fingerprint density at radius 3 is 2.81 bits per heavy atom. The molecule has 1 amide bonds. The smallest absolute Gasteiger partial charge is 0.222 e. The second-order valence-corrected chi connectivity index (χ2v) is 7.07. The van der Waals surface area contributed by atoms with Crippen LogP contribution < -0.4 is 5.73 Å². The fourth-order valence-corrected chi connectivity index (χ4v) is 3.03. The predicted octanol–water partition coefficient (Wildman–Crippen LogP) is 2.72. The molecule has 0 aliphatic carbocycles. The van der Waals surface area contributed by atoms with Gasteiger partial charge in [0.2, 0.25) is 5.91 Å². The Hall–Kier alpha value is -1.42. The van der Waals surface area contributed by atoms with Gasteiger partial charge in [0.05, 0.1) is 5.69 Å². The van der Waals surface area contributed by atoms with Gasteiger partial charge in [-0.25, -0.2) is 0 Å². The zero-order valence-corrected chi connectivity index (χ0v) is 13.4. The zero-order valence-electron chi connectivity index (χ0n) is 13.4. The summed E-state index contributed by atoms with van der Waals surface area (Å²) in [6, 6.07) is 3.97. The Morgan fingerprint density at radius 1 is 1.38 bits per heavy atom. The number of rotatable bonds is 3. The lowest BCUT2D eigenvalue weighted by Crippen LogP contribution is -2.30. The number of nitrogens with two attached hydrogens (primary N) is 1. The summed E-state index contributed by atoms with van der Waals surface area (Å²) in [5, 5.41) is 0. The average molecular weight is 289 g/mol. The van der Waals surface area contributed by atoms with Crippen LogP contribution in [0.5, 0.6) is 0 Å². The van der Waals surface area contributed by atoms with E-state index in [1.54, 1.807) is 6.20 Å². The standard InChI is InChI=1S/C17H27N3O/c1-17(2,3)14-4-5-16(21)20(9-7-14)12-13-6-8-19-15(10-13)11-18/h6,8,10,14H,4-5,7,9,11-12,18H2,1-3H3. The monoisotopic (exact) mass is 289 g/mol. The summed E-state index contributed by atoms with van der Waals surface area (Å²) in [7, 11) is 0. The Kier molecular flexibility index (Phi) is 4.99. The van der Waals surface area contributed by atoms with Crippen molar-refractivity contribution in [3.05, 3.63) is 29.6 Å². The van der Waals surface area contributed by atoms with E-state index >= 15 is 0 Å². The van der Waals surface area contributed by atoms with Crippen molar-refractivity contribution in [1.29, 1.82) is 0 Å². The molecule has 116 valence electrons. The van der Waals surface area contributed by atoms with Crippen LogP contribution in [0.25, 0.3) is 0 Å². The van der Waals surface area contributed by atoms with Gasteiger partial charge in [-0.05, 0) is 41.9 Å². The van der Waals surface area contributed by atoms with Crippen molar-refractivity contribution in [2.45, 2.75) is 53.1 Å². The first-order chi connectivity index (χ1) is 9.90. The Balaban J connectivity index is 2.04. The summed E-state index contributed by atoms with van der Waals surface area (Å²) in [5.41, 5.74) is 7.90. The van der Waals surface area contributed by atoms with Gasteiger partial charge >= 0.3 is 0 Å². The van der Waals surface area contributed by atoms with Crippen LogP contribution in [-0.2, 0) is 17.9 Å². The van der Waals surface area contributed by atoms with Gasteiger partial charge in [0.1, 0.15) is 0 Å². The highest BCUT2D eigenvalue weighted by Gasteiger charge is 2.29. The van der Waals surface area contributed by atoms with Crippen LogP contribution in [0.1, 0.15) is 51.3 Å². The minimum atomic E-state index is 0.271. The molecule has 1 unspecified atom stereocenters. The second-order valence-electron chi connectivity index (χ2n) is 7.07. The largest absolute Gasteiger partial charge is 0.338 e. The van der Waals surface area contributed by atoms with Gasteiger partial charge in [0.15, 0.2) is 0 Å². The van der Waals surface area contributed by atoms with Crippen molar-refractivity contribution < 1.29 is 4.79 Å². The number of carbonyl (C=O) groups excluding carboxylic acids is 1. The molecule has 0 bridgehead atoms. The molecule has 2 heterocycles. The number of nitrogens with zero attached hydrogens (tertiary/aromatic N) is 2. The fourth-order valence-electron chi connectivity index (χ4n) is 3.03. The van der Waals surface area contributed by atoms with E-state index in [0.717, 1.165) is 30.6 Å². The molecule has 1 atom stereocenters. The molecule has 1 saturated heterocycles. The van der Waals surface area contributed by atoms with E-state index in [4.69, 9.17) is 5.73 Å². The summed E-state index contributed by atoms with van der Waals surface area (Å²) < 4.78 is 0. The fraction of sp³-hybridized carbons (Fsp3) is 0.647. The first-order valence-electron chi connectivity index (χ1n) is 7.82. The molecule has 1 aliphatic rings. The van der Waals surface area contributed by atoms with Gasteiger partial charge < -0.3 is 10.6 Å². The van der Waals surface area contributed by atoms with Crippen LogP contribution in [-0.4, -0.2) is 22.3 Å². The van der Waals surface area contributed by atoms with Gasteiger partial charge in [-0.15, -0.1) is 0 Å². The maximum Gasteiger partial charge on any atom is 0.222 e. The molecule has 1 fully saturated rings. The molecule has 0 aromatic carbocycles. The van der Waals surface area contributed by atoms with Crippen molar-refractivity contribution in [2.24, 2.45) is 17.1 Å². The Labute approximate surface area is 127 Å². The van der Waals surface area contributed by atoms with E-state index < -0.39 is 0 Å². The van der Waals surface area contributed by atoms with Crippen LogP contribution >= 0.6 is 0 Å². The Morgan fingerprint density at radius 2 is 2.14 bits per heavy atom. The van der Waals surface area contributed by atoms with Crippen LogP contribution in [0, 0.1) is 11.3 Å². The molecule has 1 aromatic heterocycles. The van der Waals surface area contributed by atoms with E-state index in [2.05, 4.69) is 25.8 Å². The molecule has 0 saturated carbocycles. The minimum absolute atomic E-state index is 0.271. The molecule has 0 radical (unpaired) electrons. The second kappa shape index (κ2) is 6.56. The first-order valence-corrected chi connectivity index (χ1v) is 7.82. The molecule has 21 heavy (non-hydrogen) atoms. The van der Waals surface area contributed by atoms with Crippen molar-refractivity contribution in [3.63, 3.8) is 0 Å². The number of hydrogen-bond acceptors (Lipinski definition) is 3. The normalized spacial score (nSPS) is 20.5. The molecule has 1 aliphatic heterocycles. The van der Waals surface area contributed by atoms with Crippen molar-refractivity contribution >= 4 is 5.91 Å². The molecule has 0 spiro atoms. The molecule has 2 rings (SSSR count). The number of pyridine rings is 1. The van der Waals surface area contributed by atoms with Crippen LogP contribution in [0.2, 0.25) is 0 Å². The predicted molar refractivity (Wildman–Crippen MR) is 84.3 cm³/mol. The number of aromatic nitrogens is 1. The third-order valence-electron chi connectivity index (χ3n) is 4.50. The number of likely N-dealkylation sites (tertiary alicyclic amines) is 1. The van der Waals surface area contributed by atoms with Crippen molar-refractivity contribution in [1.82, 2.24) is 9.88 Å². The van der Waals surface area contributed by atoms with Gasteiger partial charge in [-0.2, -0.15) is 0 Å². The summed E-state index contributed by atoms with van der Waals surface area (Å²) in [6.07, 6.45) is 4.53. The van der Waals surface area contributed by atoms with Gasteiger partial charge in [0.25, 0.3) is 0 Å². The van der Waals surface area contributed by atoms with Crippen LogP contribution in [0.3, 0.4) is 0 Å². The van der Waals surface area contributed by atoms with E-state index in [9.17, 15) is 4.79 Å². The highest BCUT2D eigenvalue weighted by Crippen LogP contribution is 2.34. The lowest BCUT2D eigenvalue weighted by Gasteiger charge is -2.29. The molecule has 4 nitrogen and oxygen atoms in total. The quantitative estimate of drug-likeness (QED) is 0.930. The maximum absolute atomic E-state index is 12.3. The minimum Gasteiger partial charge on any atom is -0.338 e. The van der Waals surface area contributed by atoms with Crippen molar-refractivity contribution in [2.75, 3.05) is 6.54 Å². The van der Waals surface area contributed by atoms with E-state index in [1.807, 2.05) is 17.0 Å². The lowest BCUT2D eigenvalue weighted by molar-refractivity contribution is -0.131. The van der Waals surface area contributed by atoms with E-state index in [1.165, 1.54) is 0 Å². The molecule has 1 aromatic rings. The first kappa shape index (κ1) is 16.0. The summed E-state index contributed by atoms with van der Waals surface area (Å²) >= 11 is 0. The summed E-state index contributed by atoms with van der Waals surface area (Å²) in [5.74, 6) is 0.886. The van der Waals surface area contributed by atoms with Gasteiger partial charge in [-0.3, -0.25) is 9.78 Å². The SMILES string of the molecule is CC(C)(C)C1CCC(=O)N(Cc2ccnc(CN)c2)CC1. The molecular formula is C17H27N3O. The molecule has 2 N–H and O–H groups in total. The van der Waals surface area contributed by atoms with Crippen LogP contribution in [0.4, 0.5) is 0 Å². The molecular weight excluding hydrogens is 262 g/mol. The van der Waals surface area contributed by atoms with E-state index in [-0.39, 0.29) is 11.3 Å². The van der Waals surface area contributed by atoms with Gasteiger partial charge in [0, 0.05) is 32.3 Å². The number of hydrogen-bond donors (Lipinski definition) is 1. The summed E-state index contributed by atoms with van der Waals surface area (Å²) in [6.45, 7) is 8.77. The topological polar surface area (TPSA) is 59.2 Å². The average Bonchev–Trinajstić information content (AvgIpc) is 2.62. The third kappa shape index (κ3) is 4.27. The van der Waals surface area contributed by atoms with Gasteiger partial charge in [-0.1, -0.05) is 20.8 Å². The number of amides is 1. The lowest BCUT2D eigenvalue weighted by atomic mass is 9.77. The molecule has 4 heteroatoms. The summed E-state index contributed by atoms with van der Waals surface area (Å²) in [4.78, 5) is 18.5. The Bertz CT molecular complexity index is 493. The third-order valence-corrected chi connectivity index (χ3v) is 4.50. The maximum atomic E-state index is 12.3. The highest BCUT2D eigenvalue weighted by atomic mass is 16.2. The number of carbonyl (C=O) groups is 1. The highest BCUT2D eigenvalue weighted by molar-refractivity contribution is 5.76.